The first-order valence-electron chi connectivity index (χ1n) is 31.9. The van der Waals surface area contributed by atoms with Crippen molar-refractivity contribution < 1.29 is 49.2 Å². The molecular weight excluding hydrogens is 1230 g/mol. The smallest absolute Gasteiger partial charge is 0.356 e. The lowest BCUT2D eigenvalue weighted by Gasteiger charge is -2.13. The number of ether oxygens (including phenoxy) is 5. The van der Waals surface area contributed by atoms with Crippen molar-refractivity contribution in [1.82, 2.24) is 53.0 Å². The molecule has 3 aliphatic rings. The van der Waals surface area contributed by atoms with Crippen LogP contribution in [-0.2, 0) is 54.9 Å². The summed E-state index contributed by atoms with van der Waals surface area (Å²) in [6.45, 7) is 6.39. The molecule has 0 radical (unpaired) electrons. The van der Waals surface area contributed by atoms with Crippen LogP contribution in [0.15, 0.2) is 140 Å². The van der Waals surface area contributed by atoms with Crippen molar-refractivity contribution >= 4 is 46.7 Å². The number of halogens is 3. The van der Waals surface area contributed by atoms with Gasteiger partial charge in [0.2, 0.25) is 17.8 Å². The molecule has 0 bridgehead atoms. The molecule has 96 heavy (non-hydrogen) atoms. The van der Waals surface area contributed by atoms with E-state index in [1.807, 2.05) is 80.3 Å². The number of fused-ring (bicyclic) bond motifs is 6. The largest absolute Gasteiger partial charge is 0.493 e. The number of aromatic nitrogens is 10. The molecule has 3 N–H and O–H groups in total. The van der Waals surface area contributed by atoms with Crippen molar-refractivity contribution in [3.8, 4) is 50.6 Å². The van der Waals surface area contributed by atoms with Gasteiger partial charge in [0.05, 0.1) is 59.4 Å². The molecule has 0 saturated heterocycles. The van der Waals surface area contributed by atoms with E-state index in [0.29, 0.717) is 95.9 Å². The number of esters is 2. The van der Waals surface area contributed by atoms with Gasteiger partial charge in [-0.3, -0.25) is 13.2 Å². The summed E-state index contributed by atoms with van der Waals surface area (Å²) < 4.78 is 92.6. The maximum atomic E-state index is 14.8. The van der Waals surface area contributed by atoms with Crippen LogP contribution in [0.2, 0.25) is 0 Å². The van der Waals surface area contributed by atoms with Crippen LogP contribution in [0.25, 0.3) is 50.3 Å². The third kappa shape index (κ3) is 13.0. The SMILES string of the molecule is COC(=O)c1ccc(-c2cnc(NCc3c(F)ccc4c3CCO4)n3cc(C)nc23)cc1.COC(=O)c1ccc(-c2cnc(NCc3c(F)ccc4c3CCO4)n3cc(C)nc23)cn1.[2H]C([2H])(Nc1ncc(-c2ccc(CN(C)C)cc2)c2nc(C)cn12)c1c(F)ccc2c1CCO2. The number of benzene rings is 5. The molecular formula is C72H67F3N14O7. The second-order valence-corrected chi connectivity index (χ2v) is 23.3. The van der Waals surface area contributed by atoms with Crippen LogP contribution < -0.4 is 30.2 Å². The highest BCUT2D eigenvalue weighted by Gasteiger charge is 2.25. The van der Waals surface area contributed by atoms with E-state index in [1.54, 1.807) is 77.8 Å². The molecule has 0 spiro atoms. The summed E-state index contributed by atoms with van der Waals surface area (Å²) >= 11 is 0. The summed E-state index contributed by atoms with van der Waals surface area (Å²) in [5.41, 5.74) is 14.8. The monoisotopic (exact) mass is 1300 g/mol. The van der Waals surface area contributed by atoms with Crippen molar-refractivity contribution in [2.75, 3.05) is 64.1 Å². The van der Waals surface area contributed by atoms with E-state index in [1.165, 1.54) is 38.0 Å². The van der Waals surface area contributed by atoms with Crippen molar-refractivity contribution in [2.45, 2.75) is 66.2 Å². The van der Waals surface area contributed by atoms with Gasteiger partial charge >= 0.3 is 11.9 Å². The molecule has 3 aliphatic heterocycles. The summed E-state index contributed by atoms with van der Waals surface area (Å²) in [4.78, 5) is 57.2. The first-order valence-corrected chi connectivity index (χ1v) is 30.9. The minimum Gasteiger partial charge on any atom is -0.493 e. The lowest BCUT2D eigenvalue weighted by molar-refractivity contribution is 0.0588. The zero-order valence-electron chi connectivity index (χ0n) is 55.6. The topological polar surface area (TPSA) is 223 Å². The second kappa shape index (κ2) is 27.3. The molecule has 0 unspecified atom stereocenters. The molecule has 0 saturated carbocycles. The molecule has 21 nitrogen and oxygen atoms in total. The van der Waals surface area contributed by atoms with E-state index in [4.69, 9.17) is 26.4 Å². The maximum Gasteiger partial charge on any atom is 0.356 e. The molecule has 12 aromatic rings. The van der Waals surface area contributed by atoms with Crippen LogP contribution in [0, 0.1) is 38.2 Å². The van der Waals surface area contributed by atoms with Gasteiger partial charge in [-0.05, 0) is 106 Å². The van der Waals surface area contributed by atoms with Crippen LogP contribution >= 0.6 is 0 Å². The minimum absolute atomic E-state index is 0.0464. The summed E-state index contributed by atoms with van der Waals surface area (Å²) in [6.07, 6.45) is 14.0. The highest BCUT2D eigenvalue weighted by molar-refractivity contribution is 5.91. The van der Waals surface area contributed by atoms with E-state index in [9.17, 15) is 22.8 Å². The van der Waals surface area contributed by atoms with Crippen molar-refractivity contribution in [2.24, 2.45) is 0 Å². The highest BCUT2D eigenvalue weighted by Crippen LogP contribution is 2.36. The van der Waals surface area contributed by atoms with E-state index in [-0.39, 0.29) is 47.9 Å². The Labute approximate surface area is 552 Å². The number of carbonyl (C=O) groups is 2. The number of aryl methyl sites for hydroxylation is 3. The third-order valence-electron chi connectivity index (χ3n) is 16.5. The van der Waals surface area contributed by atoms with Gasteiger partial charge in [0.25, 0.3) is 0 Å². The predicted octanol–water partition coefficient (Wildman–Crippen LogP) is 12.2. The van der Waals surface area contributed by atoms with Crippen molar-refractivity contribution in [3.05, 3.63) is 225 Å². The number of nitrogens with zero attached hydrogens (tertiary/aromatic N) is 11. The van der Waals surface area contributed by atoms with E-state index < -0.39 is 18.3 Å². The van der Waals surface area contributed by atoms with Gasteiger partial charge < -0.3 is 44.5 Å². The zero-order valence-corrected chi connectivity index (χ0v) is 53.6. The molecule has 5 aromatic carbocycles. The van der Waals surface area contributed by atoms with Gasteiger partial charge in [-0.1, -0.05) is 42.5 Å². The number of anilines is 3. The highest BCUT2D eigenvalue weighted by atomic mass is 19.1. The van der Waals surface area contributed by atoms with E-state index in [2.05, 4.69) is 67.9 Å². The second-order valence-electron chi connectivity index (χ2n) is 23.3. The summed E-state index contributed by atoms with van der Waals surface area (Å²) in [5.74, 6) is 1.30. The van der Waals surface area contributed by atoms with E-state index in [0.717, 1.165) is 79.6 Å². The molecule has 0 fully saturated rings. The van der Waals surface area contributed by atoms with E-state index >= 15 is 0 Å². The Morgan fingerprint density at radius 1 is 0.510 bits per heavy atom. The molecule has 0 aliphatic carbocycles. The lowest BCUT2D eigenvalue weighted by atomic mass is 10.0. The van der Waals surface area contributed by atoms with Gasteiger partial charge in [0.15, 0.2) is 0 Å². The molecule has 24 heteroatoms. The number of nitrogens with one attached hydrogen (secondary N) is 3. The maximum absolute atomic E-state index is 14.8. The average Bonchev–Trinajstić information content (AvgIpc) is 1.53. The van der Waals surface area contributed by atoms with Gasteiger partial charge in [-0.2, -0.15) is 0 Å². The van der Waals surface area contributed by atoms with Gasteiger partial charge in [-0.25, -0.2) is 57.6 Å². The van der Waals surface area contributed by atoms with Crippen LogP contribution in [0.3, 0.4) is 0 Å². The Morgan fingerprint density at radius 3 is 1.34 bits per heavy atom. The third-order valence-corrected chi connectivity index (χ3v) is 16.5. The fourth-order valence-electron chi connectivity index (χ4n) is 11.9. The number of pyridine rings is 1. The van der Waals surface area contributed by atoms with Gasteiger partial charge in [-0.15, -0.1) is 0 Å². The quantitative estimate of drug-likeness (QED) is 0.0765. The van der Waals surface area contributed by atoms with Crippen LogP contribution in [0.1, 0.15) is 79.6 Å². The Kier molecular flexibility index (Phi) is 17.3. The molecule has 15 rings (SSSR count). The van der Waals surface area contributed by atoms with Gasteiger partial charge in [0, 0.05) is 144 Å². The predicted molar refractivity (Wildman–Crippen MR) is 356 cm³/mol. The number of carbonyl (C=O) groups excluding carboxylic acids is 2. The average molecular weight is 1300 g/mol. The van der Waals surface area contributed by atoms with Crippen LogP contribution in [-0.4, -0.2) is 113 Å². The Morgan fingerprint density at radius 2 is 0.917 bits per heavy atom. The molecule has 0 amide bonds. The minimum atomic E-state index is -2.21. The summed E-state index contributed by atoms with van der Waals surface area (Å²) in [6, 6.07) is 27.7. The first kappa shape index (κ1) is 60.8. The molecule has 0 atom stereocenters. The van der Waals surface area contributed by atoms with Gasteiger partial charge in [0.1, 0.15) is 57.3 Å². The number of rotatable bonds is 16. The normalized spacial score (nSPS) is 13.1. The fraction of sp³-hybridized carbons (Fsp3) is 0.236. The Balaban J connectivity index is 0.000000132. The van der Waals surface area contributed by atoms with Crippen molar-refractivity contribution in [3.63, 3.8) is 0 Å². The zero-order chi connectivity index (χ0) is 68.5. The number of hydrogen-bond acceptors (Lipinski definition) is 18. The summed E-state index contributed by atoms with van der Waals surface area (Å²) in [5, 5.41) is 9.31. The summed E-state index contributed by atoms with van der Waals surface area (Å²) in [7, 11) is 6.72. The molecule has 488 valence electrons. The standard InChI is InChI=1S/C25H26FN5O.C24H21FN4O3.C23H20FN5O3/c1-16-14-31-24(29-16)20(18-6-4-17(5-7-18)15-30(2)3)12-27-25(31)28-13-21-19-10-11-32-23(19)9-8-22(21)26;1-14-13-29-22(28-14)18(15-3-5-16(6-4-15)23(30)31-2)11-26-24(29)27-12-19-17-9-10-32-21(17)8-7-20(19)25;1-13-12-29-21(28-13)16(14-3-5-19(25-9-14)22(30)31-2)10-26-23(29)27-11-17-15-7-8-32-20(15)6-4-18(17)24/h4-9,12,14H,10-11,13,15H2,1-3H3,(H,27,28);3-8,11,13H,9-10,12H2,1-2H3,(H,26,27);3-6,9-10,12H,7-8,11H2,1-2H3,(H,26,27)/i13D2;;. The fourth-order valence-corrected chi connectivity index (χ4v) is 11.9. The lowest BCUT2D eigenvalue weighted by Crippen LogP contribution is -2.10. The van der Waals surface area contributed by atoms with Crippen LogP contribution in [0.4, 0.5) is 31.0 Å². The van der Waals surface area contributed by atoms with Crippen molar-refractivity contribution in [1.29, 1.82) is 0 Å². The van der Waals surface area contributed by atoms with Crippen LogP contribution in [0.5, 0.6) is 17.2 Å². The number of methoxy groups -OCH3 is 2. The Hall–Kier alpha value is -11.4. The number of hydrogen-bond donors (Lipinski definition) is 3. The molecule has 10 heterocycles. The Bertz CT molecular complexity index is 4820. The number of imidazole rings is 3. The first-order chi connectivity index (χ1) is 47.3. The molecule has 7 aromatic heterocycles.